The quantitative estimate of drug-likeness (QED) is 0.298. The summed E-state index contributed by atoms with van der Waals surface area (Å²) in [7, 11) is 0. The van der Waals surface area contributed by atoms with E-state index in [0.717, 1.165) is 33.8 Å². The Morgan fingerprint density at radius 3 is 2.20 bits per heavy atom. The predicted octanol–water partition coefficient (Wildman–Crippen LogP) is 7.32. The summed E-state index contributed by atoms with van der Waals surface area (Å²) in [5, 5.41) is 2.42. The Balaban J connectivity index is 1.51. The number of para-hydroxylation sites is 1. The third-order valence-corrected chi connectivity index (χ3v) is 5.16. The van der Waals surface area contributed by atoms with Crippen molar-refractivity contribution < 1.29 is 0 Å². The number of aliphatic imine (C=N–C) groups is 1. The summed E-state index contributed by atoms with van der Waals surface area (Å²) in [6.07, 6.45) is 1.84. The van der Waals surface area contributed by atoms with Gasteiger partial charge >= 0.3 is 0 Å². The molecule has 0 spiro atoms. The molecule has 0 aliphatic heterocycles. The summed E-state index contributed by atoms with van der Waals surface area (Å²) in [6, 6.07) is 39.3. The molecular weight excluding hydrogens is 364 g/mol. The first-order chi connectivity index (χ1) is 14.9. The van der Waals surface area contributed by atoms with Crippen LogP contribution in [0.4, 0.5) is 5.69 Å². The minimum absolute atomic E-state index is 0.836. The number of fused-ring (bicyclic) bond motifs is 1. The monoisotopic (exact) mass is 384 g/mol. The molecule has 0 N–H and O–H groups in total. The highest BCUT2D eigenvalue weighted by Crippen LogP contribution is 2.30. The van der Waals surface area contributed by atoms with Crippen LogP contribution in [-0.2, 0) is 0 Å². The second kappa shape index (κ2) is 8.14. The van der Waals surface area contributed by atoms with Crippen molar-refractivity contribution >= 4 is 22.7 Å². The SMILES string of the molecule is C(=Nc1ccccc1-c1ccccc1)c1cccc(-c2cccc3ccccc23)n1. The van der Waals surface area contributed by atoms with Crippen molar-refractivity contribution in [1.82, 2.24) is 4.98 Å². The first kappa shape index (κ1) is 18.0. The van der Waals surface area contributed by atoms with Crippen LogP contribution in [0.5, 0.6) is 0 Å². The molecule has 0 bridgehead atoms. The maximum atomic E-state index is 4.86. The highest BCUT2D eigenvalue weighted by Gasteiger charge is 2.06. The van der Waals surface area contributed by atoms with Crippen LogP contribution in [0.3, 0.4) is 0 Å². The molecule has 5 aromatic rings. The lowest BCUT2D eigenvalue weighted by molar-refractivity contribution is 1.30. The van der Waals surface area contributed by atoms with Gasteiger partial charge in [0.2, 0.25) is 0 Å². The van der Waals surface area contributed by atoms with Gasteiger partial charge in [-0.2, -0.15) is 0 Å². The normalized spacial score (nSPS) is 11.2. The van der Waals surface area contributed by atoms with Gasteiger partial charge in [-0.1, -0.05) is 97.1 Å². The van der Waals surface area contributed by atoms with E-state index in [1.54, 1.807) is 0 Å². The summed E-state index contributed by atoms with van der Waals surface area (Å²) >= 11 is 0. The second-order valence-corrected chi connectivity index (χ2v) is 7.12. The number of hydrogen-bond acceptors (Lipinski definition) is 2. The van der Waals surface area contributed by atoms with E-state index in [2.05, 4.69) is 66.7 Å². The smallest absolute Gasteiger partial charge is 0.0820 e. The standard InChI is InChI=1S/C28H20N2/c1-2-10-22(11-3-1)25-16-6-7-18-27(25)29-20-23-14-9-19-28(30-23)26-17-8-13-21-12-4-5-15-24(21)26/h1-20H. The van der Waals surface area contributed by atoms with Gasteiger partial charge < -0.3 is 0 Å². The maximum Gasteiger partial charge on any atom is 0.0820 e. The molecule has 0 saturated heterocycles. The van der Waals surface area contributed by atoms with Crippen LogP contribution in [0.15, 0.2) is 120 Å². The summed E-state index contributed by atoms with van der Waals surface area (Å²) in [6.45, 7) is 0. The number of aromatic nitrogens is 1. The molecule has 0 atom stereocenters. The number of pyridine rings is 1. The number of rotatable bonds is 4. The summed E-state index contributed by atoms with van der Waals surface area (Å²) < 4.78 is 0. The average molecular weight is 384 g/mol. The van der Waals surface area contributed by atoms with E-state index in [0.29, 0.717) is 0 Å². The molecule has 0 amide bonds. The van der Waals surface area contributed by atoms with Crippen LogP contribution in [0.25, 0.3) is 33.2 Å². The Morgan fingerprint density at radius 1 is 0.567 bits per heavy atom. The van der Waals surface area contributed by atoms with Crippen LogP contribution < -0.4 is 0 Å². The zero-order valence-corrected chi connectivity index (χ0v) is 16.4. The van der Waals surface area contributed by atoms with Crippen molar-refractivity contribution in [3.63, 3.8) is 0 Å². The molecule has 0 unspecified atom stereocenters. The van der Waals surface area contributed by atoms with Gasteiger partial charge in [-0.25, -0.2) is 4.98 Å². The minimum Gasteiger partial charge on any atom is -0.254 e. The van der Waals surface area contributed by atoms with Gasteiger partial charge in [0.05, 0.1) is 23.3 Å². The number of benzene rings is 4. The lowest BCUT2D eigenvalue weighted by Gasteiger charge is -2.07. The summed E-state index contributed by atoms with van der Waals surface area (Å²) in [5.41, 5.74) is 6.12. The fourth-order valence-electron chi connectivity index (χ4n) is 3.71. The molecule has 2 nitrogen and oxygen atoms in total. The number of nitrogens with zero attached hydrogens (tertiary/aromatic N) is 2. The zero-order chi connectivity index (χ0) is 20.2. The van der Waals surface area contributed by atoms with Crippen molar-refractivity contribution in [2.45, 2.75) is 0 Å². The van der Waals surface area contributed by atoms with E-state index in [1.807, 2.05) is 54.7 Å². The van der Waals surface area contributed by atoms with E-state index in [4.69, 9.17) is 9.98 Å². The molecule has 5 rings (SSSR count). The van der Waals surface area contributed by atoms with E-state index < -0.39 is 0 Å². The molecule has 0 aliphatic rings. The predicted molar refractivity (Wildman–Crippen MR) is 126 cm³/mol. The van der Waals surface area contributed by atoms with Crippen molar-refractivity contribution in [2.24, 2.45) is 4.99 Å². The third-order valence-electron chi connectivity index (χ3n) is 5.16. The molecule has 4 aromatic carbocycles. The molecule has 142 valence electrons. The Hall–Kier alpha value is -4.04. The van der Waals surface area contributed by atoms with E-state index in [-0.39, 0.29) is 0 Å². The van der Waals surface area contributed by atoms with Gasteiger partial charge in [-0.15, -0.1) is 0 Å². The summed E-state index contributed by atoms with van der Waals surface area (Å²) in [4.78, 5) is 9.62. The first-order valence-corrected chi connectivity index (χ1v) is 10.0. The average Bonchev–Trinajstić information content (AvgIpc) is 2.83. The van der Waals surface area contributed by atoms with Crippen molar-refractivity contribution in [3.8, 4) is 22.4 Å². The lowest BCUT2D eigenvalue weighted by Crippen LogP contribution is -1.91. The molecule has 0 radical (unpaired) electrons. The van der Waals surface area contributed by atoms with Crippen molar-refractivity contribution in [2.75, 3.05) is 0 Å². The van der Waals surface area contributed by atoms with Crippen LogP contribution in [0, 0.1) is 0 Å². The third kappa shape index (κ3) is 3.63. The minimum atomic E-state index is 0.836. The zero-order valence-electron chi connectivity index (χ0n) is 16.4. The van der Waals surface area contributed by atoms with Gasteiger partial charge in [0, 0.05) is 11.1 Å². The fourth-order valence-corrected chi connectivity index (χ4v) is 3.71. The molecule has 0 aliphatic carbocycles. The van der Waals surface area contributed by atoms with Crippen molar-refractivity contribution in [1.29, 1.82) is 0 Å². The second-order valence-electron chi connectivity index (χ2n) is 7.12. The molecule has 1 heterocycles. The first-order valence-electron chi connectivity index (χ1n) is 10.0. The molecule has 0 saturated carbocycles. The Labute approximate surface area is 176 Å². The molecule has 30 heavy (non-hydrogen) atoms. The fraction of sp³-hybridized carbons (Fsp3) is 0. The Kier molecular flexibility index (Phi) is 4.89. The van der Waals surface area contributed by atoms with Crippen molar-refractivity contribution in [3.05, 3.63) is 121 Å². The highest BCUT2D eigenvalue weighted by atomic mass is 14.8. The van der Waals surface area contributed by atoms with Gasteiger partial charge in [-0.05, 0) is 34.5 Å². The molecule has 2 heteroatoms. The van der Waals surface area contributed by atoms with Crippen LogP contribution in [0.2, 0.25) is 0 Å². The van der Waals surface area contributed by atoms with Crippen LogP contribution in [-0.4, -0.2) is 11.2 Å². The van der Waals surface area contributed by atoms with Crippen LogP contribution in [0.1, 0.15) is 5.69 Å². The highest BCUT2D eigenvalue weighted by molar-refractivity contribution is 5.96. The Morgan fingerprint density at radius 2 is 1.27 bits per heavy atom. The topological polar surface area (TPSA) is 25.2 Å². The lowest BCUT2D eigenvalue weighted by atomic mass is 10.0. The largest absolute Gasteiger partial charge is 0.254 e. The van der Waals surface area contributed by atoms with Gasteiger partial charge in [0.15, 0.2) is 0 Å². The molecule has 1 aromatic heterocycles. The van der Waals surface area contributed by atoms with Gasteiger partial charge in [0.1, 0.15) is 0 Å². The van der Waals surface area contributed by atoms with Crippen LogP contribution >= 0.6 is 0 Å². The maximum absolute atomic E-state index is 4.86. The van der Waals surface area contributed by atoms with E-state index in [9.17, 15) is 0 Å². The summed E-state index contributed by atoms with van der Waals surface area (Å²) in [5.74, 6) is 0. The molecule has 0 fully saturated rings. The van der Waals surface area contributed by atoms with Gasteiger partial charge in [-0.3, -0.25) is 4.99 Å². The van der Waals surface area contributed by atoms with E-state index in [1.165, 1.54) is 10.8 Å². The van der Waals surface area contributed by atoms with E-state index >= 15 is 0 Å². The number of hydrogen-bond donors (Lipinski definition) is 0. The molecular formula is C28H20N2. The Bertz CT molecular complexity index is 1330. The van der Waals surface area contributed by atoms with Gasteiger partial charge in [0.25, 0.3) is 0 Å².